The average Bonchev–Trinajstić information content (AvgIpc) is 2.85. The molecule has 1 aliphatic rings. The minimum absolute atomic E-state index is 0.0876. The molecule has 8 heteroatoms. The van der Waals surface area contributed by atoms with E-state index >= 15 is 0 Å². The first-order valence-corrected chi connectivity index (χ1v) is 10.6. The van der Waals surface area contributed by atoms with Crippen molar-refractivity contribution in [3.05, 3.63) is 70.8 Å². The summed E-state index contributed by atoms with van der Waals surface area (Å²) in [6.07, 6.45) is 2.09. The van der Waals surface area contributed by atoms with Gasteiger partial charge in [0.25, 0.3) is 0 Å². The molecule has 2 N–H and O–H groups in total. The number of carbonyl (C=O) groups excluding carboxylic acids is 2. The molecule has 0 bridgehead atoms. The number of carbonyl (C=O) groups is 3. The van der Waals surface area contributed by atoms with Crippen LogP contribution in [-0.2, 0) is 25.7 Å². The Kier molecular flexibility index (Phi) is 8.07. The molecule has 174 valence electrons. The molecule has 33 heavy (non-hydrogen) atoms. The number of carboxylic acid groups (broad SMARTS) is 1. The molecule has 1 aliphatic carbocycles. The lowest BCUT2D eigenvalue weighted by Gasteiger charge is -2.22. The van der Waals surface area contributed by atoms with Crippen LogP contribution < -0.4 is 14.8 Å². The third-order valence-electron chi connectivity index (χ3n) is 5.47. The Labute approximate surface area is 192 Å². The summed E-state index contributed by atoms with van der Waals surface area (Å²) in [6, 6.07) is 13.4. The van der Waals surface area contributed by atoms with Crippen molar-refractivity contribution in [3.63, 3.8) is 0 Å². The quantitative estimate of drug-likeness (QED) is 0.559. The minimum atomic E-state index is -1.14. The van der Waals surface area contributed by atoms with Crippen LogP contribution in [0.25, 0.3) is 0 Å². The van der Waals surface area contributed by atoms with Crippen LogP contribution in [0.1, 0.15) is 42.9 Å². The maximum Gasteiger partial charge on any atom is 0.333 e. The topological polar surface area (TPSA) is 111 Å². The number of methoxy groups -OCH3 is 2. The van der Waals surface area contributed by atoms with Crippen LogP contribution in [0.15, 0.2) is 59.7 Å². The smallest absolute Gasteiger partial charge is 0.333 e. The molecule has 0 aromatic heterocycles. The van der Waals surface area contributed by atoms with Gasteiger partial charge in [0.1, 0.15) is 6.61 Å². The van der Waals surface area contributed by atoms with Gasteiger partial charge in [-0.3, -0.25) is 4.79 Å². The molecule has 0 unspecified atom stereocenters. The molecule has 1 atom stereocenters. The normalized spacial score (nSPS) is 14.2. The van der Waals surface area contributed by atoms with E-state index in [-0.39, 0.29) is 11.1 Å². The summed E-state index contributed by atoms with van der Waals surface area (Å²) in [6.45, 7) is 0.333. The third kappa shape index (κ3) is 5.91. The molecule has 0 saturated heterocycles. The molecule has 0 heterocycles. The first-order valence-electron chi connectivity index (χ1n) is 10.6. The van der Waals surface area contributed by atoms with Crippen LogP contribution in [0.4, 0.5) is 0 Å². The highest BCUT2D eigenvalue weighted by Crippen LogP contribution is 2.32. The van der Waals surface area contributed by atoms with Gasteiger partial charge in [-0.15, -0.1) is 0 Å². The predicted octanol–water partition coefficient (Wildman–Crippen LogP) is 3.56. The molecule has 0 fully saturated rings. The fraction of sp³-hybridized carbons (Fsp3) is 0.320. The van der Waals surface area contributed by atoms with Gasteiger partial charge in [0, 0.05) is 11.1 Å². The second-order valence-corrected chi connectivity index (χ2v) is 7.58. The Balaban J connectivity index is 1.84. The number of rotatable bonds is 9. The maximum absolute atomic E-state index is 12.9. The molecule has 2 aromatic rings. The van der Waals surface area contributed by atoms with Gasteiger partial charge in [0.05, 0.1) is 14.2 Å². The number of ether oxygens (including phenoxy) is 3. The third-order valence-corrected chi connectivity index (χ3v) is 5.47. The van der Waals surface area contributed by atoms with Gasteiger partial charge in [-0.2, -0.15) is 0 Å². The van der Waals surface area contributed by atoms with Gasteiger partial charge in [0.15, 0.2) is 17.5 Å². The summed E-state index contributed by atoms with van der Waals surface area (Å²) in [5.41, 5.74) is 1.69. The standard InChI is InChI=1S/C25H27NO7/c1-31-21-14-17(12-13-20(21)33-15-16-8-4-3-5-9-16)22(25(30)32-2)26-23(27)18-10-6-7-11-19(18)24(28)29/h3-5,8-9,12-14,22H,6-7,10-11,15H2,1-2H3,(H,26,27)(H,28,29)/t22-/m0/s1. The molecule has 3 rings (SSSR count). The number of amides is 1. The lowest BCUT2D eigenvalue weighted by atomic mass is 9.91. The van der Waals surface area contributed by atoms with Crippen LogP contribution in [0.5, 0.6) is 11.5 Å². The molecular formula is C25H27NO7. The summed E-state index contributed by atoms with van der Waals surface area (Å²) in [5.74, 6) is -1.53. The molecule has 0 saturated carbocycles. The number of esters is 1. The second-order valence-electron chi connectivity index (χ2n) is 7.58. The van der Waals surface area contributed by atoms with Gasteiger partial charge in [-0.05, 0) is 48.9 Å². The maximum atomic E-state index is 12.9. The highest BCUT2D eigenvalue weighted by Gasteiger charge is 2.29. The zero-order valence-corrected chi connectivity index (χ0v) is 18.6. The molecule has 2 aromatic carbocycles. The van der Waals surface area contributed by atoms with Crippen LogP contribution in [-0.4, -0.2) is 37.2 Å². The van der Waals surface area contributed by atoms with Gasteiger partial charge in [0.2, 0.25) is 5.91 Å². The molecule has 0 aliphatic heterocycles. The van der Waals surface area contributed by atoms with Crippen molar-refractivity contribution in [2.75, 3.05) is 14.2 Å². The van der Waals surface area contributed by atoms with E-state index in [9.17, 15) is 19.5 Å². The Hall–Kier alpha value is -3.81. The minimum Gasteiger partial charge on any atom is -0.493 e. The number of aliphatic carboxylic acids is 1. The zero-order chi connectivity index (χ0) is 23.8. The number of benzene rings is 2. The van der Waals surface area contributed by atoms with Crippen molar-refractivity contribution in [2.45, 2.75) is 38.3 Å². The molecule has 8 nitrogen and oxygen atoms in total. The van der Waals surface area contributed by atoms with E-state index in [4.69, 9.17) is 14.2 Å². The van der Waals surface area contributed by atoms with E-state index in [0.717, 1.165) is 5.56 Å². The summed E-state index contributed by atoms with van der Waals surface area (Å²) in [7, 11) is 2.70. The largest absolute Gasteiger partial charge is 0.493 e. The molecule has 0 spiro atoms. The summed E-state index contributed by atoms with van der Waals surface area (Å²) in [5, 5.41) is 12.1. The lowest BCUT2D eigenvalue weighted by Crippen LogP contribution is -2.36. The van der Waals surface area contributed by atoms with E-state index in [1.807, 2.05) is 30.3 Å². The van der Waals surface area contributed by atoms with Crippen molar-refractivity contribution in [2.24, 2.45) is 0 Å². The van der Waals surface area contributed by atoms with E-state index in [1.54, 1.807) is 18.2 Å². The summed E-state index contributed by atoms with van der Waals surface area (Å²) in [4.78, 5) is 36.9. The van der Waals surface area contributed by atoms with Crippen LogP contribution >= 0.6 is 0 Å². The lowest BCUT2D eigenvalue weighted by molar-refractivity contribution is -0.144. The molecular weight excluding hydrogens is 426 g/mol. The number of carboxylic acids is 1. The zero-order valence-electron chi connectivity index (χ0n) is 18.6. The van der Waals surface area contributed by atoms with Gasteiger partial charge >= 0.3 is 11.9 Å². The SMILES string of the molecule is COC(=O)[C@@H](NC(=O)C1=C(C(=O)O)CCCC1)c1ccc(OCc2ccccc2)c(OC)c1. The predicted molar refractivity (Wildman–Crippen MR) is 120 cm³/mol. The second kappa shape index (κ2) is 11.2. The van der Waals surface area contributed by atoms with Crippen LogP contribution in [0.3, 0.4) is 0 Å². The molecule has 0 radical (unpaired) electrons. The van der Waals surface area contributed by atoms with E-state index in [0.29, 0.717) is 49.4 Å². The van der Waals surface area contributed by atoms with Crippen molar-refractivity contribution >= 4 is 17.8 Å². The van der Waals surface area contributed by atoms with Crippen molar-refractivity contribution < 1.29 is 33.7 Å². The number of hydrogen-bond acceptors (Lipinski definition) is 6. The Morgan fingerprint density at radius 2 is 1.67 bits per heavy atom. The van der Waals surface area contributed by atoms with Crippen LogP contribution in [0, 0.1) is 0 Å². The monoisotopic (exact) mass is 453 g/mol. The van der Waals surface area contributed by atoms with E-state index in [1.165, 1.54) is 14.2 Å². The average molecular weight is 453 g/mol. The number of nitrogens with one attached hydrogen (secondary N) is 1. The number of hydrogen-bond donors (Lipinski definition) is 2. The van der Waals surface area contributed by atoms with Gasteiger partial charge < -0.3 is 24.6 Å². The first kappa shape index (κ1) is 23.8. The Morgan fingerprint density at radius 3 is 2.30 bits per heavy atom. The van der Waals surface area contributed by atoms with Crippen molar-refractivity contribution in [1.29, 1.82) is 0 Å². The van der Waals surface area contributed by atoms with Crippen molar-refractivity contribution in [1.82, 2.24) is 5.32 Å². The first-order chi connectivity index (χ1) is 15.9. The highest BCUT2D eigenvalue weighted by molar-refractivity contribution is 6.03. The fourth-order valence-corrected chi connectivity index (χ4v) is 3.72. The van der Waals surface area contributed by atoms with Gasteiger partial charge in [-0.1, -0.05) is 36.4 Å². The molecule has 1 amide bonds. The van der Waals surface area contributed by atoms with Crippen LogP contribution in [0.2, 0.25) is 0 Å². The summed E-state index contributed by atoms with van der Waals surface area (Å²) < 4.78 is 16.2. The van der Waals surface area contributed by atoms with Gasteiger partial charge in [-0.25, -0.2) is 9.59 Å². The van der Waals surface area contributed by atoms with Crippen molar-refractivity contribution in [3.8, 4) is 11.5 Å². The fourth-order valence-electron chi connectivity index (χ4n) is 3.72. The Morgan fingerprint density at radius 1 is 0.970 bits per heavy atom. The van der Waals surface area contributed by atoms with E-state index < -0.39 is 23.9 Å². The Bertz CT molecular complexity index is 1050. The van der Waals surface area contributed by atoms with E-state index in [2.05, 4.69) is 5.32 Å². The highest BCUT2D eigenvalue weighted by atomic mass is 16.5. The summed E-state index contributed by atoms with van der Waals surface area (Å²) >= 11 is 0.